The number of aromatic nitrogens is 2. The molecule has 0 fully saturated rings. The van der Waals surface area contributed by atoms with Crippen LogP contribution in [0.4, 0.5) is 11.6 Å². The molecular formula is C18H15N3O4. The van der Waals surface area contributed by atoms with Crippen LogP contribution in [0.5, 0.6) is 17.2 Å². The first kappa shape index (κ1) is 15.1. The lowest BCUT2D eigenvalue weighted by Gasteiger charge is -2.11. The lowest BCUT2D eigenvalue weighted by Crippen LogP contribution is -2.10. The SMILES string of the molecule is COc1ccccc1Nc1nc(-c2ccc3c(c2)OCO3)cc(=O)[nH]1. The van der Waals surface area contributed by atoms with Gasteiger partial charge in [-0.25, -0.2) is 4.98 Å². The Hall–Kier alpha value is -3.48. The van der Waals surface area contributed by atoms with Crippen molar-refractivity contribution >= 4 is 11.6 Å². The van der Waals surface area contributed by atoms with Crippen LogP contribution in [-0.4, -0.2) is 23.9 Å². The maximum absolute atomic E-state index is 12.0. The summed E-state index contributed by atoms with van der Waals surface area (Å²) >= 11 is 0. The van der Waals surface area contributed by atoms with E-state index in [9.17, 15) is 4.79 Å². The van der Waals surface area contributed by atoms with Crippen molar-refractivity contribution in [2.24, 2.45) is 0 Å². The van der Waals surface area contributed by atoms with Crippen molar-refractivity contribution in [3.63, 3.8) is 0 Å². The molecule has 0 aliphatic carbocycles. The molecular weight excluding hydrogens is 322 g/mol. The van der Waals surface area contributed by atoms with E-state index in [1.54, 1.807) is 19.2 Å². The molecule has 2 heterocycles. The number of ether oxygens (including phenoxy) is 3. The lowest BCUT2D eigenvalue weighted by molar-refractivity contribution is 0.174. The molecule has 2 N–H and O–H groups in total. The summed E-state index contributed by atoms with van der Waals surface area (Å²) in [7, 11) is 1.58. The summed E-state index contributed by atoms with van der Waals surface area (Å²) in [6, 6.07) is 14.3. The Balaban J connectivity index is 1.70. The fourth-order valence-electron chi connectivity index (χ4n) is 2.60. The van der Waals surface area contributed by atoms with Gasteiger partial charge in [0.25, 0.3) is 5.56 Å². The lowest BCUT2D eigenvalue weighted by atomic mass is 10.1. The van der Waals surface area contributed by atoms with E-state index >= 15 is 0 Å². The zero-order chi connectivity index (χ0) is 17.2. The van der Waals surface area contributed by atoms with Crippen molar-refractivity contribution in [2.75, 3.05) is 19.2 Å². The molecule has 7 nitrogen and oxygen atoms in total. The third-order valence-electron chi connectivity index (χ3n) is 3.77. The predicted molar refractivity (Wildman–Crippen MR) is 92.7 cm³/mol. The monoisotopic (exact) mass is 337 g/mol. The smallest absolute Gasteiger partial charge is 0.252 e. The number of rotatable bonds is 4. The number of hydrogen-bond donors (Lipinski definition) is 2. The van der Waals surface area contributed by atoms with Crippen LogP contribution in [-0.2, 0) is 0 Å². The van der Waals surface area contributed by atoms with Gasteiger partial charge in [-0.1, -0.05) is 12.1 Å². The number of para-hydroxylation sites is 2. The summed E-state index contributed by atoms with van der Waals surface area (Å²) in [5.41, 5.74) is 1.73. The largest absolute Gasteiger partial charge is 0.495 e. The summed E-state index contributed by atoms with van der Waals surface area (Å²) in [4.78, 5) is 19.2. The molecule has 0 radical (unpaired) electrons. The Morgan fingerprint density at radius 3 is 2.84 bits per heavy atom. The Morgan fingerprint density at radius 2 is 1.96 bits per heavy atom. The van der Waals surface area contributed by atoms with E-state index in [-0.39, 0.29) is 12.4 Å². The van der Waals surface area contributed by atoms with E-state index < -0.39 is 0 Å². The van der Waals surface area contributed by atoms with Gasteiger partial charge in [-0.2, -0.15) is 0 Å². The zero-order valence-corrected chi connectivity index (χ0v) is 13.4. The van der Waals surface area contributed by atoms with Crippen LogP contribution < -0.4 is 25.1 Å². The minimum atomic E-state index is -0.264. The van der Waals surface area contributed by atoms with Crippen molar-refractivity contribution < 1.29 is 14.2 Å². The van der Waals surface area contributed by atoms with Gasteiger partial charge in [-0.05, 0) is 30.3 Å². The van der Waals surface area contributed by atoms with Gasteiger partial charge in [0, 0.05) is 11.6 Å². The molecule has 1 aromatic heterocycles. The highest BCUT2D eigenvalue weighted by atomic mass is 16.7. The maximum atomic E-state index is 12.0. The van der Waals surface area contributed by atoms with Gasteiger partial charge in [-0.15, -0.1) is 0 Å². The summed E-state index contributed by atoms with van der Waals surface area (Å²) in [6.07, 6.45) is 0. The molecule has 0 saturated heterocycles. The standard InChI is InChI=1S/C18H15N3O4/c1-23-14-5-3-2-4-12(14)19-18-20-13(9-17(22)21-18)11-6-7-15-16(8-11)25-10-24-15/h2-9H,10H2,1H3,(H2,19,20,21,22). The molecule has 2 aromatic carbocycles. The minimum Gasteiger partial charge on any atom is -0.495 e. The molecule has 1 aliphatic rings. The number of anilines is 2. The van der Waals surface area contributed by atoms with Gasteiger partial charge >= 0.3 is 0 Å². The summed E-state index contributed by atoms with van der Waals surface area (Å²) < 4.78 is 16.0. The van der Waals surface area contributed by atoms with E-state index in [4.69, 9.17) is 14.2 Å². The van der Waals surface area contributed by atoms with Gasteiger partial charge in [0.05, 0.1) is 18.5 Å². The second-order valence-corrected chi connectivity index (χ2v) is 5.37. The van der Waals surface area contributed by atoms with E-state index in [1.807, 2.05) is 30.3 Å². The first-order chi connectivity index (χ1) is 12.2. The molecule has 126 valence electrons. The van der Waals surface area contributed by atoms with Crippen LogP contribution in [0.2, 0.25) is 0 Å². The second kappa shape index (κ2) is 6.20. The Bertz CT molecular complexity index is 984. The van der Waals surface area contributed by atoms with Crippen molar-refractivity contribution in [1.29, 1.82) is 0 Å². The minimum absolute atomic E-state index is 0.197. The Kier molecular flexibility index (Phi) is 3.74. The van der Waals surface area contributed by atoms with Gasteiger partial charge in [0.1, 0.15) is 5.75 Å². The number of nitrogens with one attached hydrogen (secondary N) is 2. The van der Waals surface area contributed by atoms with Crippen molar-refractivity contribution in [3.8, 4) is 28.5 Å². The summed E-state index contributed by atoms with van der Waals surface area (Å²) in [6.45, 7) is 0.197. The highest BCUT2D eigenvalue weighted by Gasteiger charge is 2.15. The number of nitrogens with zero attached hydrogens (tertiary/aromatic N) is 1. The molecule has 0 bridgehead atoms. The third-order valence-corrected chi connectivity index (χ3v) is 3.77. The summed E-state index contributed by atoms with van der Waals surface area (Å²) in [5.74, 6) is 2.29. The molecule has 0 spiro atoms. The molecule has 3 aromatic rings. The highest BCUT2D eigenvalue weighted by molar-refractivity contribution is 5.67. The topological polar surface area (TPSA) is 85.5 Å². The van der Waals surface area contributed by atoms with E-state index in [0.717, 1.165) is 5.56 Å². The van der Waals surface area contributed by atoms with Crippen LogP contribution in [0.15, 0.2) is 53.3 Å². The quantitative estimate of drug-likeness (QED) is 0.761. The normalized spacial score (nSPS) is 12.0. The first-order valence-electron chi connectivity index (χ1n) is 7.64. The van der Waals surface area contributed by atoms with Gasteiger partial charge < -0.3 is 19.5 Å². The molecule has 0 atom stereocenters. The van der Waals surface area contributed by atoms with Crippen LogP contribution in [0.25, 0.3) is 11.3 Å². The number of methoxy groups -OCH3 is 1. The summed E-state index contributed by atoms with van der Waals surface area (Å²) in [5, 5.41) is 3.08. The van der Waals surface area contributed by atoms with Gasteiger partial charge in [0.15, 0.2) is 11.5 Å². The average Bonchev–Trinajstić information content (AvgIpc) is 3.09. The average molecular weight is 337 g/mol. The number of aromatic amines is 1. The van der Waals surface area contributed by atoms with E-state index in [1.165, 1.54) is 6.07 Å². The maximum Gasteiger partial charge on any atom is 0.252 e. The van der Waals surface area contributed by atoms with E-state index in [0.29, 0.717) is 34.6 Å². The molecule has 0 amide bonds. The van der Waals surface area contributed by atoms with Crippen molar-refractivity contribution in [3.05, 3.63) is 58.9 Å². The molecule has 25 heavy (non-hydrogen) atoms. The van der Waals surface area contributed by atoms with Gasteiger partial charge in [0.2, 0.25) is 12.7 Å². The molecule has 0 saturated carbocycles. The Morgan fingerprint density at radius 1 is 1.12 bits per heavy atom. The molecule has 1 aliphatic heterocycles. The molecule has 4 rings (SSSR count). The van der Waals surface area contributed by atoms with Crippen LogP contribution in [0.1, 0.15) is 0 Å². The van der Waals surface area contributed by atoms with Crippen molar-refractivity contribution in [1.82, 2.24) is 9.97 Å². The number of hydrogen-bond acceptors (Lipinski definition) is 6. The first-order valence-corrected chi connectivity index (χ1v) is 7.64. The zero-order valence-electron chi connectivity index (χ0n) is 13.4. The number of H-pyrrole nitrogens is 1. The third kappa shape index (κ3) is 2.99. The van der Waals surface area contributed by atoms with Gasteiger partial charge in [-0.3, -0.25) is 9.78 Å². The van der Waals surface area contributed by atoms with E-state index in [2.05, 4.69) is 15.3 Å². The van der Waals surface area contributed by atoms with Crippen LogP contribution in [0.3, 0.4) is 0 Å². The number of benzene rings is 2. The Labute approximate surface area is 143 Å². The van der Waals surface area contributed by atoms with Crippen LogP contribution in [0, 0.1) is 0 Å². The van der Waals surface area contributed by atoms with Crippen molar-refractivity contribution in [2.45, 2.75) is 0 Å². The molecule has 0 unspecified atom stereocenters. The predicted octanol–water partition coefficient (Wildman–Crippen LogP) is 2.92. The fraction of sp³-hybridized carbons (Fsp3) is 0.111. The fourth-order valence-corrected chi connectivity index (χ4v) is 2.60. The number of fused-ring (bicyclic) bond motifs is 1. The van der Waals surface area contributed by atoms with Crippen LogP contribution >= 0.6 is 0 Å². The molecule has 7 heteroatoms. The highest BCUT2D eigenvalue weighted by Crippen LogP contribution is 2.35. The second-order valence-electron chi connectivity index (χ2n) is 5.37.